The van der Waals surface area contributed by atoms with Crippen LogP contribution in [0.15, 0.2) is 18.2 Å². The first-order valence-electron chi connectivity index (χ1n) is 7.63. The van der Waals surface area contributed by atoms with E-state index in [1.54, 1.807) is 0 Å². The summed E-state index contributed by atoms with van der Waals surface area (Å²) in [6.07, 6.45) is 2.59. The fourth-order valence-corrected chi connectivity index (χ4v) is 3.08. The highest BCUT2D eigenvalue weighted by molar-refractivity contribution is 5.73. The number of ether oxygens (including phenoxy) is 1. The van der Waals surface area contributed by atoms with E-state index in [1.165, 1.54) is 19.4 Å². The lowest BCUT2D eigenvalue weighted by Gasteiger charge is -2.30. The van der Waals surface area contributed by atoms with Gasteiger partial charge in [-0.1, -0.05) is 13.0 Å². The number of likely N-dealkylation sites (tertiary alicyclic amines) is 1. The zero-order chi connectivity index (χ0) is 14.5. The summed E-state index contributed by atoms with van der Waals surface area (Å²) in [5.74, 6) is 0.788. The van der Waals surface area contributed by atoms with Crippen LogP contribution in [-0.2, 0) is 0 Å². The molecule has 1 aromatic rings. The molecule has 0 amide bonds. The zero-order valence-corrected chi connectivity index (χ0v) is 12.9. The van der Waals surface area contributed by atoms with Gasteiger partial charge in [0.2, 0.25) is 0 Å². The molecular weight excluding hydrogens is 250 g/mol. The van der Waals surface area contributed by atoms with Crippen molar-refractivity contribution < 1.29 is 4.74 Å². The molecule has 0 aliphatic carbocycles. The van der Waals surface area contributed by atoms with Crippen molar-refractivity contribution in [2.24, 2.45) is 0 Å². The Labute approximate surface area is 122 Å². The van der Waals surface area contributed by atoms with E-state index in [1.807, 2.05) is 19.1 Å². The van der Waals surface area contributed by atoms with Crippen LogP contribution in [0.1, 0.15) is 26.7 Å². The molecule has 1 aliphatic rings. The molecule has 1 atom stereocenters. The van der Waals surface area contributed by atoms with Crippen LogP contribution in [0.5, 0.6) is 5.75 Å². The van der Waals surface area contributed by atoms with Crippen molar-refractivity contribution >= 4 is 11.4 Å². The van der Waals surface area contributed by atoms with Gasteiger partial charge in [0.15, 0.2) is 0 Å². The number of nitrogens with two attached hydrogens (primary N) is 1. The third kappa shape index (κ3) is 3.18. The van der Waals surface area contributed by atoms with Gasteiger partial charge in [0, 0.05) is 19.6 Å². The molecular formula is C16H27N3O. The van der Waals surface area contributed by atoms with Gasteiger partial charge in [-0.2, -0.15) is 0 Å². The standard InChI is InChI=1S/C16H27N3O/c1-4-19-11-7-8-13(19)12-18(3)14-9-6-10-15(16(14)17)20-5-2/h6,9-10,13H,4-5,7-8,11-12,17H2,1-3H3. The molecule has 0 radical (unpaired) electrons. The predicted molar refractivity (Wildman–Crippen MR) is 85.6 cm³/mol. The van der Waals surface area contributed by atoms with Crippen LogP contribution < -0.4 is 15.4 Å². The van der Waals surface area contributed by atoms with Gasteiger partial charge in [0.05, 0.1) is 18.0 Å². The van der Waals surface area contributed by atoms with E-state index in [0.717, 1.165) is 30.2 Å². The second-order valence-corrected chi connectivity index (χ2v) is 5.43. The molecule has 0 spiro atoms. The van der Waals surface area contributed by atoms with Crippen molar-refractivity contribution in [1.29, 1.82) is 0 Å². The number of anilines is 2. The molecule has 0 aromatic heterocycles. The van der Waals surface area contributed by atoms with E-state index in [4.69, 9.17) is 10.5 Å². The monoisotopic (exact) mass is 277 g/mol. The van der Waals surface area contributed by atoms with E-state index in [-0.39, 0.29) is 0 Å². The van der Waals surface area contributed by atoms with E-state index in [0.29, 0.717) is 12.6 Å². The Morgan fingerprint density at radius 2 is 2.20 bits per heavy atom. The first-order chi connectivity index (χ1) is 9.67. The average Bonchev–Trinajstić information content (AvgIpc) is 2.88. The van der Waals surface area contributed by atoms with Crippen LogP contribution in [0.4, 0.5) is 11.4 Å². The summed E-state index contributed by atoms with van der Waals surface area (Å²) >= 11 is 0. The minimum absolute atomic E-state index is 0.639. The SMILES string of the molecule is CCOc1cccc(N(C)CC2CCCN2CC)c1N. The molecule has 4 nitrogen and oxygen atoms in total. The molecule has 4 heteroatoms. The third-order valence-electron chi connectivity index (χ3n) is 4.14. The summed E-state index contributed by atoms with van der Waals surface area (Å²) in [7, 11) is 2.12. The maximum Gasteiger partial charge on any atom is 0.144 e. The molecule has 1 aromatic carbocycles. The van der Waals surface area contributed by atoms with Crippen LogP contribution in [0.25, 0.3) is 0 Å². The van der Waals surface area contributed by atoms with Gasteiger partial charge in [0.25, 0.3) is 0 Å². The van der Waals surface area contributed by atoms with Crippen LogP contribution in [0, 0.1) is 0 Å². The highest BCUT2D eigenvalue weighted by Crippen LogP contribution is 2.32. The van der Waals surface area contributed by atoms with Crippen LogP contribution in [-0.4, -0.2) is 44.2 Å². The van der Waals surface area contributed by atoms with Crippen LogP contribution in [0.2, 0.25) is 0 Å². The largest absolute Gasteiger partial charge is 0.492 e. The molecule has 0 bridgehead atoms. The summed E-state index contributed by atoms with van der Waals surface area (Å²) < 4.78 is 5.58. The van der Waals surface area contributed by atoms with Gasteiger partial charge in [-0.3, -0.25) is 4.90 Å². The first kappa shape index (κ1) is 15.0. The highest BCUT2D eigenvalue weighted by atomic mass is 16.5. The van der Waals surface area contributed by atoms with Gasteiger partial charge in [0.1, 0.15) is 5.75 Å². The second-order valence-electron chi connectivity index (χ2n) is 5.43. The lowest BCUT2D eigenvalue weighted by molar-refractivity contribution is 0.270. The number of para-hydroxylation sites is 1. The molecule has 20 heavy (non-hydrogen) atoms. The van der Waals surface area contributed by atoms with E-state index in [2.05, 4.69) is 29.8 Å². The van der Waals surface area contributed by atoms with Crippen molar-refractivity contribution in [2.75, 3.05) is 43.9 Å². The Kier molecular flexibility index (Phi) is 5.12. The minimum Gasteiger partial charge on any atom is -0.492 e. The fraction of sp³-hybridized carbons (Fsp3) is 0.625. The number of likely N-dealkylation sites (N-methyl/N-ethyl adjacent to an activating group) is 2. The van der Waals surface area contributed by atoms with Crippen molar-refractivity contribution in [1.82, 2.24) is 4.90 Å². The van der Waals surface area contributed by atoms with Gasteiger partial charge < -0.3 is 15.4 Å². The first-order valence-corrected chi connectivity index (χ1v) is 7.63. The Morgan fingerprint density at radius 3 is 2.90 bits per heavy atom. The maximum atomic E-state index is 6.23. The Balaban J connectivity index is 2.09. The summed E-state index contributed by atoms with van der Waals surface area (Å²) in [4.78, 5) is 4.82. The number of nitrogens with zero attached hydrogens (tertiary/aromatic N) is 2. The topological polar surface area (TPSA) is 41.7 Å². The average molecular weight is 277 g/mol. The third-order valence-corrected chi connectivity index (χ3v) is 4.14. The number of rotatable bonds is 6. The second kappa shape index (κ2) is 6.84. The fourth-order valence-electron chi connectivity index (χ4n) is 3.08. The minimum atomic E-state index is 0.639. The van der Waals surface area contributed by atoms with Gasteiger partial charge in [-0.05, 0) is 45.0 Å². The summed E-state index contributed by atoms with van der Waals surface area (Å²) in [6, 6.07) is 6.66. The molecule has 0 saturated carbocycles. The number of hydrogen-bond acceptors (Lipinski definition) is 4. The molecule has 1 fully saturated rings. The Morgan fingerprint density at radius 1 is 1.40 bits per heavy atom. The molecule has 1 saturated heterocycles. The van der Waals surface area contributed by atoms with Gasteiger partial charge in [-0.25, -0.2) is 0 Å². The van der Waals surface area contributed by atoms with E-state index >= 15 is 0 Å². The normalized spacial score (nSPS) is 19.2. The maximum absolute atomic E-state index is 6.23. The van der Waals surface area contributed by atoms with Crippen molar-refractivity contribution in [3.8, 4) is 5.75 Å². The van der Waals surface area contributed by atoms with E-state index < -0.39 is 0 Å². The molecule has 2 rings (SSSR count). The molecule has 1 heterocycles. The summed E-state index contributed by atoms with van der Waals surface area (Å²) in [6.45, 7) is 8.24. The quantitative estimate of drug-likeness (QED) is 0.812. The molecule has 1 aliphatic heterocycles. The lowest BCUT2D eigenvalue weighted by atomic mass is 10.1. The molecule has 112 valence electrons. The van der Waals surface area contributed by atoms with Crippen molar-refractivity contribution in [3.05, 3.63) is 18.2 Å². The van der Waals surface area contributed by atoms with Crippen LogP contribution in [0.3, 0.4) is 0 Å². The molecule has 1 unspecified atom stereocenters. The summed E-state index contributed by atoms with van der Waals surface area (Å²) in [5, 5.41) is 0. The predicted octanol–water partition coefficient (Wildman–Crippen LogP) is 2.59. The Bertz CT molecular complexity index is 436. The number of benzene rings is 1. The van der Waals surface area contributed by atoms with Crippen molar-refractivity contribution in [2.45, 2.75) is 32.7 Å². The lowest BCUT2D eigenvalue weighted by Crippen LogP contribution is -2.38. The smallest absolute Gasteiger partial charge is 0.144 e. The Hall–Kier alpha value is -1.42. The number of nitrogen functional groups attached to an aromatic ring is 1. The summed E-state index contributed by atoms with van der Waals surface area (Å²) in [5.41, 5.74) is 8.05. The van der Waals surface area contributed by atoms with Crippen molar-refractivity contribution in [3.63, 3.8) is 0 Å². The highest BCUT2D eigenvalue weighted by Gasteiger charge is 2.24. The molecule has 2 N–H and O–H groups in total. The number of hydrogen-bond donors (Lipinski definition) is 1. The van der Waals surface area contributed by atoms with Gasteiger partial charge >= 0.3 is 0 Å². The van der Waals surface area contributed by atoms with E-state index in [9.17, 15) is 0 Å². The zero-order valence-electron chi connectivity index (χ0n) is 12.9. The van der Waals surface area contributed by atoms with Crippen LogP contribution >= 0.6 is 0 Å². The van der Waals surface area contributed by atoms with Gasteiger partial charge in [-0.15, -0.1) is 0 Å².